The van der Waals surface area contributed by atoms with E-state index in [2.05, 4.69) is 0 Å². The third-order valence-electron chi connectivity index (χ3n) is 1.97. The molecule has 0 aliphatic heterocycles. The van der Waals surface area contributed by atoms with Crippen LogP contribution in [0.2, 0.25) is 5.02 Å². The van der Waals surface area contributed by atoms with Crippen molar-refractivity contribution in [1.29, 1.82) is 0 Å². The van der Waals surface area contributed by atoms with Crippen LogP contribution >= 0.6 is 11.6 Å². The van der Waals surface area contributed by atoms with Gasteiger partial charge in [-0.1, -0.05) is 11.6 Å². The highest BCUT2D eigenvalue weighted by Crippen LogP contribution is 2.25. The van der Waals surface area contributed by atoms with E-state index in [0.29, 0.717) is 5.02 Å². The molecule has 5 heteroatoms. The van der Waals surface area contributed by atoms with E-state index >= 15 is 0 Å². The van der Waals surface area contributed by atoms with Crippen LogP contribution in [0.4, 0.5) is 5.69 Å². The molecule has 0 aromatic heterocycles. The monoisotopic (exact) mass is 229 g/mol. The number of carboxylic acid groups (broad SMARTS) is 1. The Labute approximate surface area is 92.7 Å². The highest BCUT2D eigenvalue weighted by Gasteiger charge is 2.17. The van der Waals surface area contributed by atoms with Gasteiger partial charge in [0.15, 0.2) is 6.10 Å². The van der Waals surface area contributed by atoms with Gasteiger partial charge in [0.2, 0.25) is 0 Å². The van der Waals surface area contributed by atoms with Gasteiger partial charge < -0.3 is 15.1 Å². The molecule has 2 N–H and O–H groups in total. The normalized spacial score (nSPS) is 12.3. The lowest BCUT2D eigenvalue weighted by atomic mass is 10.1. The molecule has 0 amide bonds. The molecular weight excluding hydrogens is 218 g/mol. The summed E-state index contributed by atoms with van der Waals surface area (Å²) >= 11 is 5.81. The van der Waals surface area contributed by atoms with Crippen LogP contribution < -0.4 is 4.90 Å². The third kappa shape index (κ3) is 2.84. The molecule has 0 unspecified atom stereocenters. The van der Waals surface area contributed by atoms with Crippen molar-refractivity contribution in [3.63, 3.8) is 0 Å². The highest BCUT2D eigenvalue weighted by atomic mass is 35.5. The molecular formula is C10H12ClNO3. The van der Waals surface area contributed by atoms with Gasteiger partial charge in [-0.25, -0.2) is 4.79 Å². The Morgan fingerprint density at radius 1 is 1.40 bits per heavy atom. The first-order valence-electron chi connectivity index (χ1n) is 4.30. The van der Waals surface area contributed by atoms with E-state index in [1.165, 1.54) is 6.07 Å². The summed E-state index contributed by atoms with van der Waals surface area (Å²) in [5, 5.41) is 18.4. The largest absolute Gasteiger partial charge is 0.479 e. The van der Waals surface area contributed by atoms with Crippen LogP contribution in [-0.4, -0.2) is 30.3 Å². The van der Waals surface area contributed by atoms with E-state index in [-0.39, 0.29) is 5.56 Å². The molecule has 0 aliphatic carbocycles. The minimum atomic E-state index is -1.54. The molecule has 0 spiro atoms. The molecule has 4 nitrogen and oxygen atoms in total. The van der Waals surface area contributed by atoms with Gasteiger partial charge in [0.1, 0.15) is 0 Å². The summed E-state index contributed by atoms with van der Waals surface area (Å²) in [6, 6.07) is 4.72. The molecule has 82 valence electrons. The van der Waals surface area contributed by atoms with Crippen LogP contribution in [0.25, 0.3) is 0 Å². The molecule has 0 heterocycles. The third-order valence-corrected chi connectivity index (χ3v) is 2.19. The first-order valence-corrected chi connectivity index (χ1v) is 4.68. The van der Waals surface area contributed by atoms with Crippen molar-refractivity contribution in [3.8, 4) is 0 Å². The second-order valence-electron chi connectivity index (χ2n) is 3.38. The Balaban J connectivity index is 3.14. The van der Waals surface area contributed by atoms with E-state index < -0.39 is 12.1 Å². The maximum absolute atomic E-state index is 10.6. The van der Waals surface area contributed by atoms with Crippen LogP contribution in [0.1, 0.15) is 11.7 Å². The molecule has 1 aromatic rings. The predicted molar refractivity (Wildman–Crippen MR) is 58.4 cm³/mol. The van der Waals surface area contributed by atoms with Crippen LogP contribution in [0.15, 0.2) is 18.2 Å². The number of halogens is 1. The maximum atomic E-state index is 10.6. The fourth-order valence-corrected chi connectivity index (χ4v) is 1.39. The predicted octanol–water partition coefficient (Wildman–Crippen LogP) is 1.52. The van der Waals surface area contributed by atoms with Gasteiger partial charge in [-0.3, -0.25) is 0 Å². The minimum Gasteiger partial charge on any atom is -0.479 e. The molecule has 0 saturated heterocycles. The van der Waals surface area contributed by atoms with Crippen molar-refractivity contribution in [2.75, 3.05) is 19.0 Å². The summed E-state index contributed by atoms with van der Waals surface area (Å²) in [7, 11) is 3.62. The zero-order chi connectivity index (χ0) is 11.6. The highest BCUT2D eigenvalue weighted by molar-refractivity contribution is 6.31. The van der Waals surface area contributed by atoms with E-state index in [9.17, 15) is 9.90 Å². The zero-order valence-corrected chi connectivity index (χ0v) is 9.19. The molecule has 15 heavy (non-hydrogen) atoms. The SMILES string of the molecule is CN(C)c1cc(Cl)cc([C@@H](O)C(=O)O)c1. The van der Waals surface area contributed by atoms with Gasteiger partial charge >= 0.3 is 5.97 Å². The van der Waals surface area contributed by atoms with E-state index in [0.717, 1.165) is 5.69 Å². The van der Waals surface area contributed by atoms with Crippen molar-refractivity contribution < 1.29 is 15.0 Å². The van der Waals surface area contributed by atoms with Gasteiger partial charge in [0.05, 0.1) is 0 Å². The molecule has 1 aromatic carbocycles. The van der Waals surface area contributed by atoms with Gasteiger partial charge in [-0.2, -0.15) is 0 Å². The van der Waals surface area contributed by atoms with E-state index in [1.54, 1.807) is 17.0 Å². The van der Waals surface area contributed by atoms with Crippen molar-refractivity contribution in [2.24, 2.45) is 0 Å². The first-order chi connectivity index (χ1) is 6.91. The molecule has 1 atom stereocenters. The topological polar surface area (TPSA) is 60.8 Å². The number of benzene rings is 1. The molecule has 0 bridgehead atoms. The van der Waals surface area contributed by atoms with Crippen molar-refractivity contribution in [2.45, 2.75) is 6.10 Å². The van der Waals surface area contributed by atoms with Crippen LogP contribution in [-0.2, 0) is 4.79 Å². The summed E-state index contributed by atoms with van der Waals surface area (Å²) in [5.41, 5.74) is 1.02. The van der Waals surface area contributed by atoms with Gasteiger partial charge in [0, 0.05) is 24.8 Å². The lowest BCUT2D eigenvalue weighted by Crippen LogP contribution is -2.13. The summed E-state index contributed by atoms with van der Waals surface area (Å²) in [6.07, 6.45) is -1.54. The fourth-order valence-electron chi connectivity index (χ4n) is 1.15. The number of rotatable bonds is 3. The lowest BCUT2D eigenvalue weighted by Gasteiger charge is -2.15. The molecule has 0 radical (unpaired) electrons. The number of aliphatic carboxylic acids is 1. The Hall–Kier alpha value is -1.26. The number of aliphatic hydroxyl groups is 1. The second kappa shape index (κ2) is 4.51. The minimum absolute atomic E-state index is 0.277. The van der Waals surface area contributed by atoms with E-state index in [4.69, 9.17) is 16.7 Å². The average Bonchev–Trinajstić information content (AvgIpc) is 2.15. The van der Waals surface area contributed by atoms with Crippen molar-refractivity contribution in [3.05, 3.63) is 28.8 Å². The second-order valence-corrected chi connectivity index (χ2v) is 3.81. The maximum Gasteiger partial charge on any atom is 0.337 e. The van der Waals surface area contributed by atoms with Gasteiger partial charge in [0.25, 0.3) is 0 Å². The van der Waals surface area contributed by atoms with Gasteiger partial charge in [-0.05, 0) is 23.8 Å². The first kappa shape index (κ1) is 11.8. The quantitative estimate of drug-likeness (QED) is 0.825. The Morgan fingerprint density at radius 2 is 2.00 bits per heavy atom. The average molecular weight is 230 g/mol. The Morgan fingerprint density at radius 3 is 2.47 bits per heavy atom. The summed E-state index contributed by atoms with van der Waals surface area (Å²) in [4.78, 5) is 12.4. The standard InChI is InChI=1S/C10H12ClNO3/c1-12(2)8-4-6(3-7(11)5-8)9(13)10(14)15/h3-5,9,13H,1-2H3,(H,14,15)/t9-/m1/s1. The lowest BCUT2D eigenvalue weighted by molar-refractivity contribution is -0.146. The Kier molecular flexibility index (Phi) is 3.55. The molecule has 0 fully saturated rings. The molecule has 0 saturated carbocycles. The Bertz CT molecular complexity index is 379. The van der Waals surface area contributed by atoms with Crippen molar-refractivity contribution >= 4 is 23.3 Å². The zero-order valence-electron chi connectivity index (χ0n) is 8.44. The summed E-state index contributed by atoms with van der Waals surface area (Å²) in [5.74, 6) is -1.29. The van der Waals surface area contributed by atoms with Gasteiger partial charge in [-0.15, -0.1) is 0 Å². The fraction of sp³-hybridized carbons (Fsp3) is 0.300. The van der Waals surface area contributed by atoms with Crippen LogP contribution in [0.5, 0.6) is 0 Å². The number of hydrogen-bond acceptors (Lipinski definition) is 3. The smallest absolute Gasteiger partial charge is 0.337 e. The number of aliphatic hydroxyl groups excluding tert-OH is 1. The summed E-state index contributed by atoms with van der Waals surface area (Å²) < 4.78 is 0. The number of nitrogens with zero attached hydrogens (tertiary/aromatic N) is 1. The number of anilines is 1. The summed E-state index contributed by atoms with van der Waals surface area (Å²) in [6.45, 7) is 0. The van der Waals surface area contributed by atoms with Crippen molar-refractivity contribution in [1.82, 2.24) is 0 Å². The number of carbonyl (C=O) groups is 1. The number of carboxylic acids is 1. The van der Waals surface area contributed by atoms with Crippen LogP contribution in [0, 0.1) is 0 Å². The number of hydrogen-bond donors (Lipinski definition) is 2. The molecule has 0 aliphatic rings. The van der Waals surface area contributed by atoms with Crippen LogP contribution in [0.3, 0.4) is 0 Å². The van der Waals surface area contributed by atoms with E-state index in [1.807, 2.05) is 14.1 Å². The molecule has 1 rings (SSSR count).